The third kappa shape index (κ3) is 2.67. The maximum absolute atomic E-state index is 11.6. The van der Waals surface area contributed by atoms with Crippen LogP contribution in [-0.4, -0.2) is 47.7 Å². The van der Waals surface area contributed by atoms with Gasteiger partial charge in [0.2, 0.25) is 5.91 Å². The first-order chi connectivity index (χ1) is 6.15. The van der Waals surface area contributed by atoms with Crippen LogP contribution in [0.15, 0.2) is 0 Å². The van der Waals surface area contributed by atoms with Crippen LogP contribution in [0.3, 0.4) is 0 Å². The molecular weight excluding hydrogens is 168 g/mol. The molecule has 0 spiro atoms. The zero-order valence-corrected chi connectivity index (χ0v) is 8.29. The lowest BCUT2D eigenvalue weighted by molar-refractivity contribution is -0.130. The van der Waals surface area contributed by atoms with Crippen LogP contribution in [0, 0.1) is 0 Å². The molecule has 0 aromatic heterocycles. The van der Waals surface area contributed by atoms with Gasteiger partial charge in [0.15, 0.2) is 0 Å². The number of hydrogen-bond acceptors (Lipinski definition) is 3. The fourth-order valence-electron chi connectivity index (χ4n) is 1.67. The van der Waals surface area contributed by atoms with Crippen LogP contribution in [-0.2, 0) is 4.79 Å². The Kier molecular flexibility index (Phi) is 3.69. The van der Waals surface area contributed by atoms with Crippen LogP contribution in [0.4, 0.5) is 0 Å². The van der Waals surface area contributed by atoms with Gasteiger partial charge in [0.1, 0.15) is 0 Å². The molecule has 76 valence electrons. The first kappa shape index (κ1) is 10.5. The van der Waals surface area contributed by atoms with E-state index in [0.717, 1.165) is 19.5 Å². The Morgan fingerprint density at radius 1 is 1.77 bits per heavy atom. The second-order valence-corrected chi connectivity index (χ2v) is 3.53. The number of likely N-dealkylation sites (tertiary alicyclic amines) is 1. The Hall–Kier alpha value is -0.610. The fraction of sp³-hybridized carbons (Fsp3) is 0.889. The van der Waals surface area contributed by atoms with Gasteiger partial charge in [-0.3, -0.25) is 4.79 Å². The van der Waals surface area contributed by atoms with Crippen molar-refractivity contribution in [3.05, 3.63) is 0 Å². The number of likely N-dealkylation sites (N-methyl/N-ethyl adjacent to an activating group) is 1. The van der Waals surface area contributed by atoms with Crippen molar-refractivity contribution in [2.45, 2.75) is 32.4 Å². The Labute approximate surface area is 78.9 Å². The highest BCUT2D eigenvalue weighted by Gasteiger charge is 2.30. The van der Waals surface area contributed by atoms with Gasteiger partial charge in [-0.1, -0.05) is 6.92 Å². The van der Waals surface area contributed by atoms with Gasteiger partial charge in [-0.25, -0.2) is 0 Å². The molecule has 0 bridgehead atoms. The summed E-state index contributed by atoms with van der Waals surface area (Å²) < 4.78 is 0. The second-order valence-electron chi connectivity index (χ2n) is 3.53. The van der Waals surface area contributed by atoms with Gasteiger partial charge in [-0.15, -0.1) is 0 Å². The van der Waals surface area contributed by atoms with Gasteiger partial charge in [-0.2, -0.15) is 0 Å². The van der Waals surface area contributed by atoms with Crippen molar-refractivity contribution in [3.63, 3.8) is 0 Å². The summed E-state index contributed by atoms with van der Waals surface area (Å²) in [4.78, 5) is 13.3. The summed E-state index contributed by atoms with van der Waals surface area (Å²) in [6, 6.07) is -0.0243. The van der Waals surface area contributed by atoms with Crippen LogP contribution >= 0.6 is 0 Å². The molecule has 4 heteroatoms. The number of rotatable bonds is 4. The van der Waals surface area contributed by atoms with Gasteiger partial charge in [0.25, 0.3) is 0 Å². The minimum Gasteiger partial charge on any atom is -0.392 e. The zero-order valence-electron chi connectivity index (χ0n) is 8.29. The molecular formula is C9H18N2O2. The van der Waals surface area contributed by atoms with Crippen LogP contribution in [0.25, 0.3) is 0 Å². The normalized spacial score (nSPS) is 25.3. The number of carbonyl (C=O) groups excluding carboxylic acids is 1. The molecule has 1 amide bonds. The molecule has 1 aliphatic rings. The smallest absolute Gasteiger partial charge is 0.239 e. The van der Waals surface area contributed by atoms with Crippen molar-refractivity contribution in [1.82, 2.24) is 10.2 Å². The molecule has 1 rings (SSSR count). The third-order valence-electron chi connectivity index (χ3n) is 2.23. The van der Waals surface area contributed by atoms with Crippen LogP contribution < -0.4 is 5.32 Å². The summed E-state index contributed by atoms with van der Waals surface area (Å²) >= 11 is 0. The summed E-state index contributed by atoms with van der Waals surface area (Å²) in [6.45, 7) is 5.74. The number of aliphatic hydroxyl groups is 1. The largest absolute Gasteiger partial charge is 0.392 e. The van der Waals surface area contributed by atoms with Crippen LogP contribution in [0.1, 0.15) is 20.3 Å². The van der Waals surface area contributed by atoms with Crippen molar-refractivity contribution in [1.29, 1.82) is 0 Å². The standard InChI is InChI=1S/C9H18N2O2/c1-3-10-8-4-5-11(9(8)13)6-7(2)12/h7-8,10,12H,3-6H2,1-2H3. The minimum atomic E-state index is -0.427. The quantitative estimate of drug-likeness (QED) is 0.627. The third-order valence-corrected chi connectivity index (χ3v) is 2.23. The van der Waals surface area contributed by atoms with Crippen molar-refractivity contribution < 1.29 is 9.90 Å². The second kappa shape index (κ2) is 4.58. The number of nitrogens with one attached hydrogen (secondary N) is 1. The minimum absolute atomic E-state index is 0.0243. The van der Waals surface area contributed by atoms with E-state index >= 15 is 0 Å². The average molecular weight is 186 g/mol. The Bertz CT molecular complexity index is 182. The Morgan fingerprint density at radius 3 is 3.00 bits per heavy atom. The van der Waals surface area contributed by atoms with Crippen LogP contribution in [0.2, 0.25) is 0 Å². The molecule has 2 unspecified atom stereocenters. The highest BCUT2D eigenvalue weighted by molar-refractivity contribution is 5.83. The number of aliphatic hydroxyl groups excluding tert-OH is 1. The lowest BCUT2D eigenvalue weighted by Crippen LogP contribution is -2.40. The number of β-amino-alcohol motifs (C(OH)–C–C–N with tert-alkyl or cyclic N) is 1. The monoisotopic (exact) mass is 186 g/mol. The summed E-state index contributed by atoms with van der Waals surface area (Å²) in [6.07, 6.45) is 0.434. The van der Waals surface area contributed by atoms with Crippen molar-refractivity contribution in [2.75, 3.05) is 19.6 Å². The molecule has 0 saturated carbocycles. The van der Waals surface area contributed by atoms with E-state index in [1.807, 2.05) is 6.92 Å². The molecule has 1 heterocycles. The number of hydrogen-bond donors (Lipinski definition) is 2. The summed E-state index contributed by atoms with van der Waals surface area (Å²) in [5, 5.41) is 12.3. The summed E-state index contributed by atoms with van der Waals surface area (Å²) in [7, 11) is 0. The van der Waals surface area contributed by atoms with E-state index in [2.05, 4.69) is 5.32 Å². The molecule has 1 aliphatic heterocycles. The van der Waals surface area contributed by atoms with E-state index in [1.54, 1.807) is 11.8 Å². The number of carbonyl (C=O) groups is 1. The van der Waals surface area contributed by atoms with Crippen molar-refractivity contribution in [3.8, 4) is 0 Å². The first-order valence-electron chi connectivity index (χ1n) is 4.85. The maximum Gasteiger partial charge on any atom is 0.239 e. The van der Waals surface area contributed by atoms with E-state index in [0.29, 0.717) is 6.54 Å². The summed E-state index contributed by atoms with van der Waals surface area (Å²) in [5.74, 6) is 0.128. The van der Waals surface area contributed by atoms with Gasteiger partial charge in [0, 0.05) is 13.1 Å². The highest BCUT2D eigenvalue weighted by Crippen LogP contribution is 2.11. The van der Waals surface area contributed by atoms with E-state index in [9.17, 15) is 4.79 Å². The Balaban J connectivity index is 2.40. The Morgan fingerprint density at radius 2 is 2.46 bits per heavy atom. The van der Waals surface area contributed by atoms with E-state index < -0.39 is 6.10 Å². The molecule has 1 fully saturated rings. The lowest BCUT2D eigenvalue weighted by Gasteiger charge is -2.18. The first-order valence-corrected chi connectivity index (χ1v) is 4.85. The zero-order chi connectivity index (χ0) is 9.84. The van der Waals surface area contributed by atoms with Crippen molar-refractivity contribution >= 4 is 5.91 Å². The van der Waals surface area contributed by atoms with Gasteiger partial charge < -0.3 is 15.3 Å². The molecule has 2 N–H and O–H groups in total. The molecule has 2 atom stereocenters. The molecule has 4 nitrogen and oxygen atoms in total. The molecule has 0 radical (unpaired) electrons. The molecule has 0 aromatic rings. The number of nitrogens with zero attached hydrogens (tertiary/aromatic N) is 1. The highest BCUT2D eigenvalue weighted by atomic mass is 16.3. The van der Waals surface area contributed by atoms with Gasteiger partial charge in [0.05, 0.1) is 12.1 Å². The lowest BCUT2D eigenvalue weighted by atomic mass is 10.2. The predicted molar refractivity (Wildman–Crippen MR) is 50.3 cm³/mol. The molecule has 0 aliphatic carbocycles. The van der Waals surface area contributed by atoms with E-state index in [1.165, 1.54) is 0 Å². The van der Waals surface area contributed by atoms with Crippen molar-refractivity contribution in [2.24, 2.45) is 0 Å². The number of amides is 1. The average Bonchev–Trinajstić information content (AvgIpc) is 2.36. The fourth-order valence-corrected chi connectivity index (χ4v) is 1.67. The van der Waals surface area contributed by atoms with Gasteiger partial charge in [-0.05, 0) is 19.9 Å². The van der Waals surface area contributed by atoms with E-state index in [-0.39, 0.29) is 11.9 Å². The topological polar surface area (TPSA) is 52.6 Å². The molecule has 1 saturated heterocycles. The molecule has 13 heavy (non-hydrogen) atoms. The van der Waals surface area contributed by atoms with Crippen LogP contribution in [0.5, 0.6) is 0 Å². The SMILES string of the molecule is CCNC1CCN(CC(C)O)C1=O. The summed E-state index contributed by atoms with van der Waals surface area (Å²) in [5.41, 5.74) is 0. The predicted octanol–water partition coefficient (Wildman–Crippen LogP) is -0.422. The maximum atomic E-state index is 11.6. The van der Waals surface area contributed by atoms with E-state index in [4.69, 9.17) is 5.11 Å². The molecule has 0 aromatic carbocycles. The van der Waals surface area contributed by atoms with Gasteiger partial charge >= 0.3 is 0 Å².